The molecular weight excluding hydrogens is 780 g/mol. The first kappa shape index (κ1) is 37.0. The van der Waals surface area contributed by atoms with Crippen LogP contribution in [0, 0.1) is 13.8 Å². The fourth-order valence-corrected chi connectivity index (χ4v) is 13.0. The third-order valence-electron chi connectivity index (χ3n) is 14.8. The highest BCUT2D eigenvalue weighted by atomic mass is 32.1. The number of aromatic nitrogens is 1. The van der Waals surface area contributed by atoms with Gasteiger partial charge in [0, 0.05) is 48.9 Å². The molecule has 4 heteroatoms. The summed E-state index contributed by atoms with van der Waals surface area (Å²) in [5.74, 6) is 0. The molecule has 0 saturated carbocycles. The van der Waals surface area contributed by atoms with Crippen LogP contribution in [0.5, 0.6) is 0 Å². The van der Waals surface area contributed by atoms with E-state index in [1.807, 2.05) is 11.3 Å². The van der Waals surface area contributed by atoms with Gasteiger partial charge in [-0.1, -0.05) is 156 Å². The SMILES string of the molecule is Cc1cccc(C)c1-c1cc2c3c(c1)N(c1ccc(C(C)(C)C)cc1-c1ccccc1)c1cc4c(cc1B3n1c3c-2cccc3c2sc3ccccc3c21)-c1ccccc1C4(C)C. The van der Waals surface area contributed by atoms with E-state index >= 15 is 0 Å². The molecule has 2 aliphatic heterocycles. The molecule has 8 aromatic carbocycles. The van der Waals surface area contributed by atoms with Gasteiger partial charge in [0.2, 0.25) is 0 Å². The molecular formula is C59H47BN2S. The van der Waals surface area contributed by atoms with Crippen molar-refractivity contribution in [3.8, 4) is 44.5 Å². The number of thiophene rings is 1. The minimum atomic E-state index is -0.173. The lowest BCUT2D eigenvalue weighted by atomic mass is 9.44. The molecule has 2 aromatic heterocycles. The number of para-hydroxylation sites is 1. The van der Waals surface area contributed by atoms with Gasteiger partial charge in [-0.05, 0) is 128 Å². The molecule has 0 radical (unpaired) electrons. The molecule has 0 amide bonds. The van der Waals surface area contributed by atoms with E-state index < -0.39 is 0 Å². The first-order valence-electron chi connectivity index (χ1n) is 22.5. The zero-order valence-electron chi connectivity index (χ0n) is 36.9. The van der Waals surface area contributed by atoms with E-state index in [-0.39, 0.29) is 17.7 Å². The normalized spacial score (nSPS) is 14.3. The Morgan fingerprint density at radius 1 is 0.524 bits per heavy atom. The molecule has 0 N–H and O–H groups in total. The smallest absolute Gasteiger partial charge is 0.333 e. The maximum absolute atomic E-state index is 2.76. The average molecular weight is 827 g/mol. The highest BCUT2D eigenvalue weighted by Crippen LogP contribution is 2.55. The Balaban J connectivity index is 1.24. The average Bonchev–Trinajstić information content (AvgIpc) is 3.89. The number of hydrogen-bond acceptors (Lipinski definition) is 2. The first-order chi connectivity index (χ1) is 30.5. The number of fused-ring (bicyclic) bond motifs is 12. The van der Waals surface area contributed by atoms with Gasteiger partial charge in [-0.3, -0.25) is 0 Å². The first-order valence-corrected chi connectivity index (χ1v) is 23.3. The fourth-order valence-electron chi connectivity index (χ4n) is 11.8. The second-order valence-corrected chi connectivity index (χ2v) is 20.8. The van der Waals surface area contributed by atoms with Gasteiger partial charge in [0.25, 0.3) is 0 Å². The molecule has 0 spiro atoms. The zero-order chi connectivity index (χ0) is 42.7. The monoisotopic (exact) mass is 826 g/mol. The predicted octanol–water partition coefficient (Wildman–Crippen LogP) is 15.0. The molecule has 0 saturated heterocycles. The minimum absolute atomic E-state index is 0.0246. The van der Waals surface area contributed by atoms with Crippen molar-refractivity contribution in [3.05, 3.63) is 186 Å². The summed E-state index contributed by atoms with van der Waals surface area (Å²) in [5.41, 5.74) is 26.0. The predicted molar refractivity (Wildman–Crippen MR) is 272 cm³/mol. The van der Waals surface area contributed by atoms with Gasteiger partial charge < -0.3 is 9.38 Å². The summed E-state index contributed by atoms with van der Waals surface area (Å²) in [6.45, 7) is 16.3. The molecule has 13 rings (SSSR count). The molecule has 3 aliphatic rings. The lowest BCUT2D eigenvalue weighted by Gasteiger charge is -2.42. The Kier molecular flexibility index (Phi) is 7.48. The minimum Gasteiger partial charge on any atom is -0.374 e. The van der Waals surface area contributed by atoms with Crippen LogP contribution < -0.4 is 15.8 Å². The van der Waals surface area contributed by atoms with Crippen LogP contribution in [0.4, 0.5) is 17.1 Å². The Labute approximate surface area is 374 Å². The van der Waals surface area contributed by atoms with Crippen LogP contribution in [0.1, 0.15) is 62.4 Å². The summed E-state index contributed by atoms with van der Waals surface area (Å²) >= 11 is 1.94. The van der Waals surface area contributed by atoms with Gasteiger partial charge in [-0.25, -0.2) is 0 Å². The number of aryl methyl sites for hydroxylation is 2. The molecule has 2 nitrogen and oxygen atoms in total. The number of anilines is 3. The number of hydrogen-bond donors (Lipinski definition) is 0. The van der Waals surface area contributed by atoms with Crippen molar-refractivity contribution in [2.75, 3.05) is 4.90 Å². The molecule has 0 unspecified atom stereocenters. The molecule has 4 heterocycles. The number of nitrogens with zero attached hydrogens (tertiary/aromatic N) is 2. The van der Waals surface area contributed by atoms with E-state index in [0.29, 0.717) is 0 Å². The summed E-state index contributed by atoms with van der Waals surface area (Å²) < 4.78 is 5.47. The molecule has 63 heavy (non-hydrogen) atoms. The van der Waals surface area contributed by atoms with Gasteiger partial charge in [-0.2, -0.15) is 0 Å². The van der Waals surface area contributed by atoms with Crippen LogP contribution in [-0.4, -0.2) is 11.3 Å². The van der Waals surface area contributed by atoms with Crippen molar-refractivity contribution in [2.24, 2.45) is 0 Å². The maximum Gasteiger partial charge on any atom is 0.333 e. The summed E-state index contributed by atoms with van der Waals surface area (Å²) in [5, 5.41) is 2.67. The molecule has 10 aromatic rings. The second-order valence-electron chi connectivity index (χ2n) is 19.8. The highest BCUT2D eigenvalue weighted by molar-refractivity contribution is 7.27. The van der Waals surface area contributed by atoms with Crippen molar-refractivity contribution in [1.29, 1.82) is 0 Å². The van der Waals surface area contributed by atoms with E-state index in [4.69, 9.17) is 0 Å². The molecule has 302 valence electrons. The quantitative estimate of drug-likeness (QED) is 0.161. The Morgan fingerprint density at radius 2 is 1.24 bits per heavy atom. The Hall–Kier alpha value is -6.62. The van der Waals surface area contributed by atoms with E-state index in [2.05, 4.69) is 216 Å². The molecule has 1 aliphatic carbocycles. The van der Waals surface area contributed by atoms with Crippen molar-refractivity contribution < 1.29 is 0 Å². The third-order valence-corrected chi connectivity index (χ3v) is 16.0. The molecule has 0 bridgehead atoms. The van der Waals surface area contributed by atoms with Crippen LogP contribution in [-0.2, 0) is 10.8 Å². The van der Waals surface area contributed by atoms with Crippen LogP contribution in [0.15, 0.2) is 158 Å². The summed E-state index contributed by atoms with van der Waals surface area (Å²) in [6.07, 6.45) is 0. The van der Waals surface area contributed by atoms with Gasteiger partial charge >= 0.3 is 6.85 Å². The van der Waals surface area contributed by atoms with Crippen LogP contribution in [0.25, 0.3) is 75.7 Å². The summed E-state index contributed by atoms with van der Waals surface area (Å²) in [6, 6.07) is 60.6. The molecule has 0 atom stereocenters. The zero-order valence-corrected chi connectivity index (χ0v) is 37.7. The lowest BCUT2D eigenvalue weighted by molar-refractivity contribution is 0.590. The Bertz CT molecular complexity index is 3600. The van der Waals surface area contributed by atoms with E-state index in [1.165, 1.54) is 132 Å². The fraction of sp³-hybridized carbons (Fsp3) is 0.153. The standard InChI is InChI=1S/C59H47BN2S/c1-34-17-15-18-35(2)53(34)37-29-45-40-23-16-24-42-55(40)62(56-41-22-12-14-26-52(41)63-57(42)56)60-48-32-44-39-21-11-13-25-46(39)59(6,7)47(44)33-50(48)61(51(30-37)54(45)60)49-28-27-38(58(3,4)5)31-43(49)36-19-9-8-10-20-36/h8-33H,1-7H3. The van der Waals surface area contributed by atoms with Crippen molar-refractivity contribution in [2.45, 2.75) is 59.3 Å². The van der Waals surface area contributed by atoms with Gasteiger partial charge in [0.05, 0.1) is 15.9 Å². The van der Waals surface area contributed by atoms with Crippen LogP contribution in [0.3, 0.4) is 0 Å². The Morgan fingerprint density at radius 3 is 2.05 bits per heavy atom. The van der Waals surface area contributed by atoms with E-state index in [9.17, 15) is 0 Å². The van der Waals surface area contributed by atoms with Crippen molar-refractivity contribution in [1.82, 2.24) is 4.48 Å². The van der Waals surface area contributed by atoms with Gasteiger partial charge in [0.15, 0.2) is 0 Å². The molecule has 0 fully saturated rings. The highest BCUT2D eigenvalue weighted by Gasteiger charge is 2.46. The number of rotatable bonds is 3. The van der Waals surface area contributed by atoms with Crippen molar-refractivity contribution >= 4 is 77.4 Å². The lowest BCUT2D eigenvalue weighted by Crippen LogP contribution is -2.57. The van der Waals surface area contributed by atoms with Crippen LogP contribution >= 0.6 is 11.3 Å². The number of benzene rings is 8. The van der Waals surface area contributed by atoms with Gasteiger partial charge in [-0.15, -0.1) is 11.3 Å². The van der Waals surface area contributed by atoms with Crippen LogP contribution in [0.2, 0.25) is 0 Å². The summed E-state index contributed by atoms with van der Waals surface area (Å²) in [7, 11) is 0. The van der Waals surface area contributed by atoms with E-state index in [0.717, 1.165) is 0 Å². The van der Waals surface area contributed by atoms with Crippen molar-refractivity contribution in [3.63, 3.8) is 0 Å². The largest absolute Gasteiger partial charge is 0.374 e. The third kappa shape index (κ3) is 4.96. The topological polar surface area (TPSA) is 8.17 Å². The summed E-state index contributed by atoms with van der Waals surface area (Å²) in [4.78, 5) is 2.67. The second kappa shape index (κ2) is 12.7. The van der Waals surface area contributed by atoms with E-state index in [1.54, 1.807) is 0 Å². The maximum atomic E-state index is 2.76. The van der Waals surface area contributed by atoms with Gasteiger partial charge in [0.1, 0.15) is 0 Å².